The summed E-state index contributed by atoms with van der Waals surface area (Å²) in [6, 6.07) is 4.05. The summed E-state index contributed by atoms with van der Waals surface area (Å²) in [5.74, 6) is -2.70. The van der Waals surface area contributed by atoms with Gasteiger partial charge in [-0.25, -0.2) is 0 Å². The van der Waals surface area contributed by atoms with Crippen LogP contribution < -0.4 is 0 Å². The lowest BCUT2D eigenvalue weighted by atomic mass is 9.57. The van der Waals surface area contributed by atoms with E-state index in [1.165, 1.54) is 37.3 Å². The summed E-state index contributed by atoms with van der Waals surface area (Å²) < 4.78 is 62.5. The third-order valence-electron chi connectivity index (χ3n) is 15.0. The van der Waals surface area contributed by atoms with Gasteiger partial charge in [0.2, 0.25) is 0 Å². The van der Waals surface area contributed by atoms with Crippen LogP contribution in [0.3, 0.4) is 0 Å². The standard InChI is InChI=1S/C49H66O19/c1-22-29(50)10-13-36(59-22)66-33-18-39(62-25(4)43(33)53)64-31-11-14-37(60-23(31)2)67-34-19-40(63-26(5)44(34)54)65-32-12-15-38(61-24(32)3)68-49-35(52)20-47(6,57)21-48(49,58)17-16-28-42(49)46(56)27-8-7-9-30(51)41(27)45(28)55/h7-9,16-17,22-26,29,31-34,36-40,43-44,50-51,53-54,57-58H,10-15,18-21H2,1-6H3/t22-,23-,24+,25+,26-,29-,31-,32+,33+,34-,36-,37-,38+,39-,40+,43+,44-,47+,48+,49+/m1/s1. The Morgan fingerprint density at radius 3 is 1.71 bits per heavy atom. The highest BCUT2D eigenvalue weighted by atomic mass is 16.7. The zero-order chi connectivity index (χ0) is 48.6. The van der Waals surface area contributed by atoms with Crippen molar-refractivity contribution < 1.29 is 92.4 Å². The van der Waals surface area contributed by atoms with E-state index in [-0.39, 0.29) is 53.7 Å². The van der Waals surface area contributed by atoms with Crippen LogP contribution >= 0.6 is 0 Å². The summed E-state index contributed by atoms with van der Waals surface area (Å²) in [5.41, 5.74) is -7.29. The molecule has 5 saturated heterocycles. The first-order chi connectivity index (χ1) is 32.2. The molecule has 9 rings (SSSR count). The Kier molecular flexibility index (Phi) is 14.0. The second kappa shape index (κ2) is 19.2. The summed E-state index contributed by atoms with van der Waals surface area (Å²) in [4.78, 5) is 42.6. The van der Waals surface area contributed by atoms with Crippen molar-refractivity contribution in [3.8, 4) is 5.75 Å². The van der Waals surface area contributed by atoms with Crippen molar-refractivity contribution in [2.45, 2.75) is 227 Å². The number of carbonyl (C=O) groups excluding carboxylic acids is 3. The molecule has 0 spiro atoms. The molecule has 1 aromatic carbocycles. The number of phenols is 1. The minimum absolute atomic E-state index is 0.127. The molecule has 376 valence electrons. The first-order valence-electron chi connectivity index (χ1n) is 24.1. The Bertz CT molecular complexity index is 2140. The normalized spacial score (nSPS) is 46.5. The minimum Gasteiger partial charge on any atom is -0.507 e. The van der Waals surface area contributed by atoms with E-state index >= 15 is 0 Å². The van der Waals surface area contributed by atoms with E-state index in [2.05, 4.69) is 0 Å². The molecule has 0 radical (unpaired) electrons. The van der Waals surface area contributed by atoms with Gasteiger partial charge in [0.05, 0.1) is 77.8 Å². The fourth-order valence-electron chi connectivity index (χ4n) is 11.3. The molecule has 6 fully saturated rings. The zero-order valence-corrected chi connectivity index (χ0v) is 39.3. The number of carbonyl (C=O) groups is 3. The number of rotatable bonds is 10. The number of allylic oxidation sites excluding steroid dienone is 2. The van der Waals surface area contributed by atoms with Crippen molar-refractivity contribution >= 4 is 17.3 Å². The first-order valence-corrected chi connectivity index (χ1v) is 24.1. The number of fused-ring (bicyclic) bond motifs is 3. The quantitative estimate of drug-likeness (QED) is 0.197. The number of ether oxygens (including phenoxy) is 10. The first kappa shape index (κ1) is 49.9. The van der Waals surface area contributed by atoms with Gasteiger partial charge in [-0.2, -0.15) is 0 Å². The topological polar surface area (TPSA) is 265 Å². The van der Waals surface area contributed by atoms with Gasteiger partial charge in [0.15, 0.2) is 54.4 Å². The second-order valence-corrected chi connectivity index (χ2v) is 20.3. The van der Waals surface area contributed by atoms with Crippen LogP contribution in [0.25, 0.3) is 0 Å². The molecular weight excluding hydrogens is 893 g/mol. The average molecular weight is 959 g/mol. The van der Waals surface area contributed by atoms with Crippen molar-refractivity contribution in [3.63, 3.8) is 0 Å². The van der Waals surface area contributed by atoms with Gasteiger partial charge in [0, 0.05) is 56.1 Å². The van der Waals surface area contributed by atoms with E-state index in [9.17, 15) is 45.0 Å². The lowest BCUT2D eigenvalue weighted by molar-refractivity contribution is -0.333. The number of hydrogen-bond acceptors (Lipinski definition) is 19. The summed E-state index contributed by atoms with van der Waals surface area (Å²) in [6.07, 6.45) is -6.81. The molecule has 19 nitrogen and oxygen atoms in total. The van der Waals surface area contributed by atoms with E-state index in [0.29, 0.717) is 32.1 Å². The fraction of sp³-hybridized carbons (Fsp3) is 0.735. The van der Waals surface area contributed by atoms with Crippen molar-refractivity contribution in [1.29, 1.82) is 0 Å². The third-order valence-corrected chi connectivity index (χ3v) is 15.0. The molecule has 0 aromatic heterocycles. The highest BCUT2D eigenvalue weighted by Crippen LogP contribution is 2.54. The maximum absolute atomic E-state index is 14.4. The zero-order valence-electron chi connectivity index (χ0n) is 39.3. The van der Waals surface area contributed by atoms with Crippen LogP contribution in [0.2, 0.25) is 0 Å². The molecule has 20 atom stereocenters. The average Bonchev–Trinajstić information content (AvgIpc) is 3.26. The van der Waals surface area contributed by atoms with Gasteiger partial charge in [-0.1, -0.05) is 18.2 Å². The molecule has 6 N–H and O–H groups in total. The summed E-state index contributed by atoms with van der Waals surface area (Å²) in [6.45, 7) is 10.3. The highest BCUT2D eigenvalue weighted by molar-refractivity contribution is 6.31. The van der Waals surface area contributed by atoms with Crippen molar-refractivity contribution in [2.75, 3.05) is 0 Å². The monoisotopic (exact) mass is 958 g/mol. The van der Waals surface area contributed by atoms with Crippen LogP contribution in [0, 0.1) is 0 Å². The summed E-state index contributed by atoms with van der Waals surface area (Å²) >= 11 is 0. The third kappa shape index (κ3) is 9.31. The number of aliphatic hydroxyl groups excluding tert-OH is 3. The molecule has 19 heteroatoms. The Morgan fingerprint density at radius 1 is 0.618 bits per heavy atom. The summed E-state index contributed by atoms with van der Waals surface area (Å²) in [7, 11) is 0. The van der Waals surface area contributed by atoms with Crippen LogP contribution in [-0.4, -0.2) is 169 Å². The van der Waals surface area contributed by atoms with Crippen molar-refractivity contribution in [1.82, 2.24) is 0 Å². The molecule has 68 heavy (non-hydrogen) atoms. The number of Topliss-reactive ketones (excluding diaryl/α,β-unsaturated/α-hetero) is 3. The van der Waals surface area contributed by atoms with E-state index in [1.807, 2.05) is 6.92 Å². The SMILES string of the molecule is C[C@@H]1O[C@H](O[C@@H]2CC[C@@H](O[C@@H]3C[C@H](O[C@H]4CC[C@H](O[C@]56C(=O)C[C@](C)(O)C[C@@]5(O)C=CC5=C6C(=O)c6cccc(O)c6C5=O)O[C@H]4C)O[C@H](C)[C@H]3O)O[C@@H]2C)C[C@H](O[C@@H]2CC[C@@H](O)[C@@H](C)O2)[C@H]1O. The van der Waals surface area contributed by atoms with Gasteiger partial charge < -0.3 is 78.0 Å². The number of hydrogen-bond donors (Lipinski definition) is 6. The molecule has 5 heterocycles. The van der Waals surface area contributed by atoms with Crippen molar-refractivity contribution in [3.05, 3.63) is 52.6 Å². The maximum atomic E-state index is 14.4. The minimum atomic E-state index is -2.43. The van der Waals surface area contributed by atoms with Crippen LogP contribution in [0.15, 0.2) is 41.5 Å². The molecule has 8 aliphatic rings. The lowest BCUT2D eigenvalue weighted by Crippen LogP contribution is -2.71. The van der Waals surface area contributed by atoms with E-state index < -0.39 is 145 Å². The molecule has 3 aliphatic carbocycles. The van der Waals surface area contributed by atoms with Crippen LogP contribution in [-0.2, 0) is 52.2 Å². The van der Waals surface area contributed by atoms with Gasteiger partial charge in [-0.3, -0.25) is 14.4 Å². The summed E-state index contributed by atoms with van der Waals surface area (Å²) in [5, 5.41) is 66.1. The van der Waals surface area contributed by atoms with E-state index in [4.69, 9.17) is 47.4 Å². The predicted octanol–water partition coefficient (Wildman–Crippen LogP) is 2.71. The van der Waals surface area contributed by atoms with E-state index in [0.717, 1.165) is 0 Å². The maximum Gasteiger partial charge on any atom is 0.198 e. The highest BCUT2D eigenvalue weighted by Gasteiger charge is 2.69. The molecule has 0 amide bonds. The van der Waals surface area contributed by atoms with Gasteiger partial charge in [-0.15, -0.1) is 0 Å². The van der Waals surface area contributed by atoms with Crippen LogP contribution in [0.4, 0.5) is 0 Å². The largest absolute Gasteiger partial charge is 0.507 e. The van der Waals surface area contributed by atoms with Gasteiger partial charge in [0.25, 0.3) is 0 Å². The second-order valence-electron chi connectivity index (χ2n) is 20.3. The lowest BCUT2D eigenvalue weighted by Gasteiger charge is -2.55. The molecule has 5 aliphatic heterocycles. The smallest absolute Gasteiger partial charge is 0.198 e. The van der Waals surface area contributed by atoms with Crippen LogP contribution in [0.1, 0.15) is 126 Å². The van der Waals surface area contributed by atoms with Crippen molar-refractivity contribution in [2.24, 2.45) is 0 Å². The Labute approximate surface area is 394 Å². The number of phenolic OH excluding ortho intramolecular Hbond substituents is 1. The van der Waals surface area contributed by atoms with E-state index in [1.54, 1.807) is 27.7 Å². The Balaban J connectivity index is 0.808. The number of ketones is 3. The van der Waals surface area contributed by atoms with Gasteiger partial charge >= 0.3 is 0 Å². The number of benzene rings is 1. The molecular formula is C49H66O19. The Morgan fingerprint density at radius 2 is 1.13 bits per heavy atom. The molecule has 1 saturated carbocycles. The molecule has 1 aromatic rings. The molecule has 0 unspecified atom stereocenters. The van der Waals surface area contributed by atoms with Gasteiger partial charge in [0.1, 0.15) is 23.6 Å². The molecule has 0 bridgehead atoms. The predicted molar refractivity (Wildman–Crippen MR) is 233 cm³/mol. The van der Waals surface area contributed by atoms with Crippen LogP contribution in [0.5, 0.6) is 5.75 Å². The fourth-order valence-corrected chi connectivity index (χ4v) is 11.3. The number of aliphatic hydroxyl groups is 5. The number of aromatic hydroxyl groups is 1. The van der Waals surface area contributed by atoms with Gasteiger partial charge in [-0.05, 0) is 72.9 Å². The Hall–Kier alpha value is -3.09.